The number of aromatic amines is 1. The number of ether oxygens (including phenoxy) is 1. The highest BCUT2D eigenvalue weighted by atomic mass is 19.4. The third kappa shape index (κ3) is 2.43. The molecule has 1 unspecified atom stereocenters. The van der Waals surface area contributed by atoms with Crippen molar-refractivity contribution in [1.82, 2.24) is 4.98 Å². The second kappa shape index (κ2) is 5.84. The summed E-state index contributed by atoms with van der Waals surface area (Å²) in [5.74, 6) is -0.781. The standard InChI is InChI=1S/C18H16F4N2O2/c19-10-4-5-14-13(8-10)17(18(20,21)22,9-26-11-2-1-3-11)12-6-7-23-16(25)15(12)24-14/h4-8,11,24H,1-3,9H2,(H,23,25). The molecule has 0 bridgehead atoms. The van der Waals surface area contributed by atoms with Crippen LogP contribution in [0.5, 0.6) is 0 Å². The molecule has 2 aliphatic rings. The first kappa shape index (κ1) is 17.1. The van der Waals surface area contributed by atoms with Gasteiger partial charge in [-0.15, -0.1) is 0 Å². The Morgan fingerprint density at radius 2 is 1.96 bits per heavy atom. The molecule has 1 fully saturated rings. The monoisotopic (exact) mass is 368 g/mol. The smallest absolute Gasteiger partial charge is 0.377 e. The molecule has 0 amide bonds. The number of rotatable bonds is 3. The average Bonchev–Trinajstić information content (AvgIpc) is 2.52. The number of pyridine rings is 1. The van der Waals surface area contributed by atoms with Gasteiger partial charge in [-0.05, 0) is 43.5 Å². The minimum Gasteiger partial charge on any atom is -0.377 e. The van der Waals surface area contributed by atoms with Crippen molar-refractivity contribution in [2.75, 3.05) is 11.9 Å². The fourth-order valence-electron chi connectivity index (χ4n) is 3.54. The maximum Gasteiger partial charge on any atom is 0.404 e. The zero-order chi connectivity index (χ0) is 18.5. The fourth-order valence-corrected chi connectivity index (χ4v) is 3.54. The molecule has 26 heavy (non-hydrogen) atoms. The number of benzene rings is 1. The summed E-state index contributed by atoms with van der Waals surface area (Å²) in [6.45, 7) is -0.699. The van der Waals surface area contributed by atoms with E-state index in [1.165, 1.54) is 12.1 Å². The highest BCUT2D eigenvalue weighted by Crippen LogP contribution is 2.54. The summed E-state index contributed by atoms with van der Waals surface area (Å²) in [7, 11) is 0. The number of H-pyrrole nitrogens is 1. The first-order valence-electron chi connectivity index (χ1n) is 8.30. The van der Waals surface area contributed by atoms with E-state index in [-0.39, 0.29) is 28.6 Å². The number of alkyl halides is 3. The normalized spacial score (nSPS) is 22.2. The van der Waals surface area contributed by atoms with Gasteiger partial charge in [0.05, 0.1) is 12.7 Å². The van der Waals surface area contributed by atoms with E-state index < -0.39 is 29.6 Å². The zero-order valence-electron chi connectivity index (χ0n) is 13.6. The predicted molar refractivity (Wildman–Crippen MR) is 87.2 cm³/mol. The van der Waals surface area contributed by atoms with Gasteiger partial charge < -0.3 is 15.0 Å². The molecular weight excluding hydrogens is 352 g/mol. The molecule has 0 saturated heterocycles. The molecule has 2 aromatic rings. The fraction of sp³-hybridized carbons (Fsp3) is 0.389. The Kier molecular flexibility index (Phi) is 3.83. The Labute approximate surface area is 146 Å². The van der Waals surface area contributed by atoms with Gasteiger partial charge in [0.15, 0.2) is 0 Å². The second-order valence-corrected chi connectivity index (χ2v) is 6.68. The van der Waals surface area contributed by atoms with Crippen LogP contribution in [0, 0.1) is 5.82 Å². The summed E-state index contributed by atoms with van der Waals surface area (Å²) in [6.07, 6.45) is -1.56. The van der Waals surface area contributed by atoms with E-state index in [9.17, 15) is 22.4 Å². The minimum atomic E-state index is -4.79. The van der Waals surface area contributed by atoms with Crippen LogP contribution in [-0.4, -0.2) is 23.9 Å². The van der Waals surface area contributed by atoms with Crippen LogP contribution < -0.4 is 10.9 Å². The lowest BCUT2D eigenvalue weighted by molar-refractivity contribution is -0.199. The molecule has 0 radical (unpaired) electrons. The maximum absolute atomic E-state index is 14.4. The van der Waals surface area contributed by atoms with Crippen molar-refractivity contribution in [3.05, 3.63) is 57.8 Å². The molecule has 4 rings (SSSR count). The van der Waals surface area contributed by atoms with Crippen molar-refractivity contribution in [2.24, 2.45) is 0 Å². The minimum absolute atomic E-state index is 0.0464. The molecule has 1 aromatic carbocycles. The summed E-state index contributed by atoms with van der Waals surface area (Å²) in [5.41, 5.74) is -3.97. The molecule has 2 heterocycles. The highest BCUT2D eigenvalue weighted by Gasteiger charge is 2.61. The van der Waals surface area contributed by atoms with E-state index in [0.29, 0.717) is 12.8 Å². The van der Waals surface area contributed by atoms with Gasteiger partial charge >= 0.3 is 6.18 Å². The van der Waals surface area contributed by atoms with Gasteiger partial charge in [-0.2, -0.15) is 13.2 Å². The van der Waals surface area contributed by atoms with Crippen LogP contribution in [-0.2, 0) is 10.2 Å². The topological polar surface area (TPSA) is 54.1 Å². The molecule has 1 atom stereocenters. The molecule has 4 nitrogen and oxygen atoms in total. The number of halogens is 4. The Morgan fingerprint density at radius 3 is 2.62 bits per heavy atom. The number of fused-ring (bicyclic) bond motifs is 2. The molecule has 8 heteroatoms. The first-order chi connectivity index (χ1) is 12.3. The van der Waals surface area contributed by atoms with Crippen molar-refractivity contribution in [3.63, 3.8) is 0 Å². The van der Waals surface area contributed by atoms with E-state index in [1.807, 2.05) is 0 Å². The predicted octanol–water partition coefficient (Wildman–Crippen LogP) is 3.99. The van der Waals surface area contributed by atoms with Crippen LogP contribution in [0.2, 0.25) is 0 Å². The number of nitrogens with one attached hydrogen (secondary N) is 2. The molecule has 1 aromatic heterocycles. The zero-order valence-corrected chi connectivity index (χ0v) is 13.6. The SMILES string of the molecule is O=c1[nH]ccc2c1Nc1ccc(F)cc1C2(COC1CCC1)C(F)(F)F. The number of hydrogen-bond donors (Lipinski definition) is 2. The van der Waals surface area contributed by atoms with E-state index in [1.54, 1.807) is 0 Å². The van der Waals surface area contributed by atoms with E-state index in [4.69, 9.17) is 4.74 Å². The van der Waals surface area contributed by atoms with Crippen molar-refractivity contribution in [2.45, 2.75) is 37.0 Å². The molecule has 1 aliphatic carbocycles. The van der Waals surface area contributed by atoms with Gasteiger partial charge in [0.25, 0.3) is 5.56 Å². The van der Waals surface area contributed by atoms with E-state index >= 15 is 0 Å². The molecule has 0 spiro atoms. The molecule has 138 valence electrons. The van der Waals surface area contributed by atoms with Crippen LogP contribution in [0.3, 0.4) is 0 Å². The lowest BCUT2D eigenvalue weighted by Crippen LogP contribution is -2.51. The third-order valence-electron chi connectivity index (χ3n) is 5.19. The van der Waals surface area contributed by atoms with Crippen LogP contribution in [0.25, 0.3) is 0 Å². The number of hydrogen-bond acceptors (Lipinski definition) is 3. The van der Waals surface area contributed by atoms with Gasteiger partial charge in [-0.3, -0.25) is 4.79 Å². The second-order valence-electron chi connectivity index (χ2n) is 6.68. The van der Waals surface area contributed by atoms with Crippen LogP contribution in [0.15, 0.2) is 35.3 Å². The van der Waals surface area contributed by atoms with Gasteiger partial charge in [0, 0.05) is 23.0 Å². The summed E-state index contributed by atoms with van der Waals surface area (Å²) in [4.78, 5) is 14.5. The highest BCUT2D eigenvalue weighted by molar-refractivity contribution is 5.76. The van der Waals surface area contributed by atoms with Crippen LogP contribution >= 0.6 is 0 Å². The van der Waals surface area contributed by atoms with Crippen LogP contribution in [0.4, 0.5) is 28.9 Å². The van der Waals surface area contributed by atoms with E-state index in [0.717, 1.165) is 24.8 Å². The summed E-state index contributed by atoms with van der Waals surface area (Å²) < 4.78 is 62.8. The lowest BCUT2D eigenvalue weighted by atomic mass is 9.71. The lowest BCUT2D eigenvalue weighted by Gasteiger charge is -2.42. The third-order valence-corrected chi connectivity index (χ3v) is 5.19. The number of aromatic nitrogens is 1. The average molecular weight is 368 g/mol. The van der Waals surface area contributed by atoms with Gasteiger partial charge in [-0.1, -0.05) is 0 Å². The first-order valence-corrected chi connectivity index (χ1v) is 8.30. The Morgan fingerprint density at radius 1 is 1.19 bits per heavy atom. The van der Waals surface area contributed by atoms with Gasteiger partial charge in [0.2, 0.25) is 0 Å². The molecule has 1 saturated carbocycles. The summed E-state index contributed by atoms with van der Waals surface area (Å²) in [5, 5.41) is 2.71. The summed E-state index contributed by atoms with van der Waals surface area (Å²) >= 11 is 0. The van der Waals surface area contributed by atoms with Crippen LogP contribution in [0.1, 0.15) is 30.4 Å². The maximum atomic E-state index is 14.4. The Bertz CT molecular complexity index is 905. The Hall–Kier alpha value is -2.35. The van der Waals surface area contributed by atoms with Crippen molar-refractivity contribution in [3.8, 4) is 0 Å². The largest absolute Gasteiger partial charge is 0.404 e. The summed E-state index contributed by atoms with van der Waals surface area (Å²) in [6, 6.07) is 4.34. The van der Waals surface area contributed by atoms with Crippen molar-refractivity contribution in [1.29, 1.82) is 0 Å². The van der Waals surface area contributed by atoms with E-state index in [2.05, 4.69) is 10.3 Å². The molecular formula is C18H16F4N2O2. The quantitative estimate of drug-likeness (QED) is 0.806. The van der Waals surface area contributed by atoms with Gasteiger partial charge in [-0.25, -0.2) is 4.39 Å². The Balaban J connectivity index is 1.97. The molecule has 2 N–H and O–H groups in total. The van der Waals surface area contributed by atoms with Crippen molar-refractivity contribution < 1.29 is 22.3 Å². The van der Waals surface area contributed by atoms with Crippen molar-refractivity contribution >= 4 is 11.4 Å². The number of anilines is 2. The van der Waals surface area contributed by atoms with Gasteiger partial charge in [0.1, 0.15) is 16.9 Å². The molecule has 1 aliphatic heterocycles.